The summed E-state index contributed by atoms with van der Waals surface area (Å²) in [5.41, 5.74) is 2.21. The molecule has 2 aromatic rings. The first-order valence-electron chi connectivity index (χ1n) is 5.27. The van der Waals surface area contributed by atoms with Crippen molar-refractivity contribution >= 4 is 0 Å². The van der Waals surface area contributed by atoms with Crippen molar-refractivity contribution in [2.24, 2.45) is 0 Å². The van der Waals surface area contributed by atoms with Crippen molar-refractivity contribution in [1.82, 2.24) is 0 Å². The fraction of sp³-hybridized carbons (Fsp3) is 0.143. The summed E-state index contributed by atoms with van der Waals surface area (Å²) >= 11 is 0. The van der Waals surface area contributed by atoms with Gasteiger partial charge in [0, 0.05) is 20.4 Å². The molecule has 89 valence electrons. The maximum atomic E-state index is 5.12. The Kier molecular flexibility index (Phi) is 6.76. The third kappa shape index (κ3) is 5.25. The molecule has 0 saturated heterocycles. The van der Waals surface area contributed by atoms with E-state index in [4.69, 9.17) is 9.78 Å². The monoisotopic (exact) mass is 401 g/mol. The van der Waals surface area contributed by atoms with Crippen molar-refractivity contribution in [3.63, 3.8) is 0 Å². The van der Waals surface area contributed by atoms with Gasteiger partial charge in [-0.3, -0.25) is 0 Å². The van der Waals surface area contributed by atoms with Crippen LogP contribution in [-0.2, 0) is 43.4 Å². The average molecular weight is 400 g/mol. The normalized spacial score (nSPS) is 9.65. The first-order valence-corrected chi connectivity index (χ1v) is 5.27. The van der Waals surface area contributed by atoms with Crippen LogP contribution in [0.2, 0.25) is 0 Å². The zero-order valence-electron chi connectivity index (χ0n) is 9.38. The molecule has 0 saturated carbocycles. The van der Waals surface area contributed by atoms with Crippen molar-refractivity contribution < 1.29 is 30.2 Å². The molecule has 2 rings (SSSR count). The summed E-state index contributed by atoms with van der Waals surface area (Å²) in [6.45, 7) is 0.960. The predicted molar refractivity (Wildman–Crippen MR) is 62.5 cm³/mol. The Labute approximate surface area is 115 Å². The molecular formula is C14H14O2Re. The molecule has 0 bridgehead atoms. The Bertz CT molecular complexity index is 362. The Morgan fingerprint density at radius 1 is 0.588 bits per heavy atom. The Morgan fingerprint density at radius 3 is 1.29 bits per heavy atom. The molecule has 0 atom stereocenters. The topological polar surface area (TPSA) is 18.5 Å². The van der Waals surface area contributed by atoms with Crippen LogP contribution >= 0.6 is 0 Å². The van der Waals surface area contributed by atoms with E-state index in [9.17, 15) is 0 Å². The summed E-state index contributed by atoms with van der Waals surface area (Å²) in [6, 6.07) is 19.9. The van der Waals surface area contributed by atoms with Gasteiger partial charge in [0.25, 0.3) is 0 Å². The summed E-state index contributed by atoms with van der Waals surface area (Å²) in [7, 11) is 0. The number of rotatable bonds is 5. The first kappa shape index (κ1) is 14.1. The van der Waals surface area contributed by atoms with E-state index in [0.29, 0.717) is 13.2 Å². The van der Waals surface area contributed by atoms with Crippen LogP contribution in [0.1, 0.15) is 11.1 Å². The van der Waals surface area contributed by atoms with Crippen LogP contribution in [0, 0.1) is 0 Å². The van der Waals surface area contributed by atoms with E-state index in [1.165, 1.54) is 0 Å². The zero-order chi connectivity index (χ0) is 11.1. The average Bonchev–Trinajstić information content (AvgIpc) is 2.37. The minimum atomic E-state index is 0. The molecule has 0 aromatic heterocycles. The standard InChI is InChI=1S/C14H14O2.Re/c1-3-7-13(8-4-1)11-15-16-12-14-9-5-2-6-10-14;/h1-10H,11-12H2;. The van der Waals surface area contributed by atoms with Gasteiger partial charge in [0.15, 0.2) is 0 Å². The van der Waals surface area contributed by atoms with Crippen LogP contribution in [0.4, 0.5) is 0 Å². The third-order valence-corrected chi connectivity index (χ3v) is 2.22. The van der Waals surface area contributed by atoms with Crippen LogP contribution in [-0.4, -0.2) is 0 Å². The largest absolute Gasteiger partial charge is 0.232 e. The van der Waals surface area contributed by atoms with Gasteiger partial charge < -0.3 is 0 Å². The molecule has 0 N–H and O–H groups in total. The molecule has 0 heterocycles. The van der Waals surface area contributed by atoms with Gasteiger partial charge in [-0.25, -0.2) is 9.78 Å². The fourth-order valence-electron chi connectivity index (χ4n) is 1.37. The Morgan fingerprint density at radius 2 is 0.941 bits per heavy atom. The van der Waals surface area contributed by atoms with Crippen molar-refractivity contribution in [3.8, 4) is 0 Å². The second-order valence-corrected chi connectivity index (χ2v) is 3.50. The van der Waals surface area contributed by atoms with Gasteiger partial charge in [-0.15, -0.1) is 0 Å². The minimum absolute atomic E-state index is 0. The van der Waals surface area contributed by atoms with Crippen LogP contribution in [0.25, 0.3) is 0 Å². The quantitative estimate of drug-likeness (QED) is 0.436. The zero-order valence-corrected chi connectivity index (χ0v) is 12.1. The van der Waals surface area contributed by atoms with E-state index in [0.717, 1.165) is 11.1 Å². The molecule has 2 aromatic carbocycles. The van der Waals surface area contributed by atoms with E-state index < -0.39 is 0 Å². The number of benzene rings is 2. The van der Waals surface area contributed by atoms with E-state index in [1.54, 1.807) is 0 Å². The molecule has 0 aliphatic carbocycles. The maximum Gasteiger partial charge on any atom is 0.107 e. The maximum absolute atomic E-state index is 5.12. The van der Waals surface area contributed by atoms with E-state index in [2.05, 4.69) is 0 Å². The van der Waals surface area contributed by atoms with E-state index in [1.807, 2.05) is 60.7 Å². The van der Waals surface area contributed by atoms with E-state index in [-0.39, 0.29) is 20.4 Å². The molecule has 2 nitrogen and oxygen atoms in total. The van der Waals surface area contributed by atoms with Gasteiger partial charge in [-0.2, -0.15) is 0 Å². The van der Waals surface area contributed by atoms with Gasteiger partial charge >= 0.3 is 0 Å². The third-order valence-electron chi connectivity index (χ3n) is 2.22. The Balaban J connectivity index is 0.00000144. The molecule has 0 aliphatic heterocycles. The molecule has 3 heteroatoms. The van der Waals surface area contributed by atoms with E-state index >= 15 is 0 Å². The summed E-state index contributed by atoms with van der Waals surface area (Å²) in [4.78, 5) is 10.2. The van der Waals surface area contributed by atoms with Crippen molar-refractivity contribution in [2.45, 2.75) is 13.2 Å². The summed E-state index contributed by atoms with van der Waals surface area (Å²) in [5, 5.41) is 0. The predicted octanol–water partition coefficient (Wildman–Crippen LogP) is 3.33. The molecule has 0 spiro atoms. The first-order chi connectivity index (χ1) is 7.95. The van der Waals surface area contributed by atoms with Crippen LogP contribution < -0.4 is 0 Å². The second kappa shape index (κ2) is 8.16. The summed E-state index contributed by atoms with van der Waals surface area (Å²) < 4.78 is 0. The van der Waals surface area contributed by atoms with Crippen molar-refractivity contribution in [1.29, 1.82) is 0 Å². The van der Waals surface area contributed by atoms with Crippen molar-refractivity contribution in [3.05, 3.63) is 71.8 Å². The van der Waals surface area contributed by atoms with Crippen LogP contribution in [0.15, 0.2) is 60.7 Å². The molecule has 0 unspecified atom stereocenters. The molecule has 0 aliphatic rings. The smallest absolute Gasteiger partial charge is 0.107 e. The Hall–Kier alpha value is -0.978. The van der Waals surface area contributed by atoms with Gasteiger partial charge in [0.1, 0.15) is 13.2 Å². The molecule has 0 amide bonds. The summed E-state index contributed by atoms with van der Waals surface area (Å²) in [6.07, 6.45) is 0. The summed E-state index contributed by atoms with van der Waals surface area (Å²) in [5.74, 6) is 0. The van der Waals surface area contributed by atoms with Crippen LogP contribution in [0.5, 0.6) is 0 Å². The van der Waals surface area contributed by atoms with Gasteiger partial charge in [-0.1, -0.05) is 60.7 Å². The van der Waals surface area contributed by atoms with Crippen LogP contribution in [0.3, 0.4) is 0 Å². The molecule has 1 radical (unpaired) electrons. The minimum Gasteiger partial charge on any atom is -0.232 e. The SMILES string of the molecule is [Re].c1ccc(COOCc2ccccc2)cc1. The second-order valence-electron chi connectivity index (χ2n) is 3.50. The van der Waals surface area contributed by atoms with Gasteiger partial charge in [0.05, 0.1) is 0 Å². The van der Waals surface area contributed by atoms with Gasteiger partial charge in [0.2, 0.25) is 0 Å². The van der Waals surface area contributed by atoms with Crippen molar-refractivity contribution in [2.75, 3.05) is 0 Å². The van der Waals surface area contributed by atoms with Gasteiger partial charge in [-0.05, 0) is 11.1 Å². The molecule has 0 fully saturated rings. The molecular weight excluding hydrogens is 386 g/mol. The fourth-order valence-corrected chi connectivity index (χ4v) is 1.37. The number of hydrogen-bond acceptors (Lipinski definition) is 2. The number of hydrogen-bond donors (Lipinski definition) is 0. The molecule has 17 heavy (non-hydrogen) atoms.